The second-order valence-corrected chi connectivity index (χ2v) is 6.81. The van der Waals surface area contributed by atoms with Gasteiger partial charge in [0.1, 0.15) is 5.82 Å². The summed E-state index contributed by atoms with van der Waals surface area (Å²) in [4.78, 5) is 15.8. The Balaban J connectivity index is 1.77. The van der Waals surface area contributed by atoms with Gasteiger partial charge < -0.3 is 14.8 Å². The van der Waals surface area contributed by atoms with Crippen molar-refractivity contribution in [2.75, 3.05) is 25.1 Å². The molecule has 1 atom stereocenters. The lowest BCUT2D eigenvalue weighted by atomic mass is 9.95. The van der Waals surface area contributed by atoms with Crippen LogP contribution < -0.4 is 5.32 Å². The normalized spacial score (nSPS) is 22.2. The highest BCUT2D eigenvalue weighted by Crippen LogP contribution is 2.35. The van der Waals surface area contributed by atoms with E-state index in [2.05, 4.69) is 10.3 Å². The molecule has 0 spiro atoms. The van der Waals surface area contributed by atoms with Crippen LogP contribution >= 0.6 is 0 Å². The lowest BCUT2D eigenvalue weighted by Crippen LogP contribution is -2.20. The highest BCUT2D eigenvalue weighted by atomic mass is 16.5. The SMILES string of the molecule is CC(=O)Nc1cc2c(cn1)c(C1CCOCC1)nn2C1CCCCO1. The summed E-state index contributed by atoms with van der Waals surface area (Å²) in [6, 6.07) is 1.91. The molecular weight excluding hydrogens is 320 g/mol. The van der Waals surface area contributed by atoms with Gasteiger partial charge in [-0.15, -0.1) is 0 Å². The zero-order chi connectivity index (χ0) is 17.2. The first-order valence-electron chi connectivity index (χ1n) is 9.07. The van der Waals surface area contributed by atoms with Crippen molar-refractivity contribution in [3.63, 3.8) is 0 Å². The third-order valence-electron chi connectivity index (χ3n) is 4.96. The molecule has 7 nitrogen and oxygen atoms in total. The van der Waals surface area contributed by atoms with Gasteiger partial charge in [-0.3, -0.25) is 4.79 Å². The van der Waals surface area contributed by atoms with E-state index in [-0.39, 0.29) is 12.1 Å². The number of fused-ring (bicyclic) bond motifs is 1. The summed E-state index contributed by atoms with van der Waals surface area (Å²) in [6.07, 6.45) is 6.94. The Hall–Kier alpha value is -1.99. The number of hydrogen-bond donors (Lipinski definition) is 1. The molecule has 2 aliphatic heterocycles. The minimum atomic E-state index is -0.128. The number of aromatic nitrogens is 3. The van der Waals surface area contributed by atoms with Gasteiger partial charge >= 0.3 is 0 Å². The zero-order valence-corrected chi connectivity index (χ0v) is 14.5. The molecule has 0 aliphatic carbocycles. The Morgan fingerprint density at radius 1 is 1.24 bits per heavy atom. The van der Waals surface area contributed by atoms with Crippen LogP contribution in [0.3, 0.4) is 0 Å². The molecule has 0 saturated carbocycles. The molecule has 7 heteroatoms. The van der Waals surface area contributed by atoms with Crippen LogP contribution in [-0.2, 0) is 14.3 Å². The van der Waals surface area contributed by atoms with Gasteiger partial charge in [-0.05, 0) is 32.1 Å². The number of rotatable bonds is 3. The number of amides is 1. The lowest BCUT2D eigenvalue weighted by molar-refractivity contribution is -0.114. The van der Waals surface area contributed by atoms with Crippen LogP contribution in [0.15, 0.2) is 12.3 Å². The minimum absolute atomic E-state index is 0.0441. The molecule has 1 unspecified atom stereocenters. The highest BCUT2D eigenvalue weighted by molar-refractivity contribution is 5.91. The Morgan fingerprint density at radius 2 is 2.08 bits per heavy atom. The van der Waals surface area contributed by atoms with Crippen LogP contribution in [0.5, 0.6) is 0 Å². The first-order chi connectivity index (χ1) is 12.2. The highest BCUT2D eigenvalue weighted by Gasteiger charge is 2.26. The van der Waals surface area contributed by atoms with Gasteiger partial charge in [-0.2, -0.15) is 5.10 Å². The Labute approximate surface area is 146 Å². The molecule has 4 heterocycles. The summed E-state index contributed by atoms with van der Waals surface area (Å²) >= 11 is 0. The molecular formula is C18H24N4O3. The van der Waals surface area contributed by atoms with Crippen LogP contribution in [0.2, 0.25) is 0 Å². The van der Waals surface area contributed by atoms with Gasteiger partial charge in [-0.1, -0.05) is 0 Å². The molecule has 1 N–H and O–H groups in total. The number of anilines is 1. The van der Waals surface area contributed by atoms with Crippen molar-refractivity contribution in [3.8, 4) is 0 Å². The van der Waals surface area contributed by atoms with E-state index in [1.165, 1.54) is 6.92 Å². The van der Waals surface area contributed by atoms with E-state index in [9.17, 15) is 4.79 Å². The number of carbonyl (C=O) groups is 1. The van der Waals surface area contributed by atoms with Crippen LogP contribution in [0.25, 0.3) is 10.9 Å². The van der Waals surface area contributed by atoms with Gasteiger partial charge in [0.2, 0.25) is 5.91 Å². The molecule has 25 heavy (non-hydrogen) atoms. The first-order valence-corrected chi connectivity index (χ1v) is 9.07. The van der Waals surface area contributed by atoms with Gasteiger partial charge in [0, 0.05) is 50.3 Å². The number of ether oxygens (including phenoxy) is 2. The number of nitrogens with one attached hydrogen (secondary N) is 1. The summed E-state index contributed by atoms with van der Waals surface area (Å²) in [5.41, 5.74) is 2.06. The van der Waals surface area contributed by atoms with Gasteiger partial charge in [0.05, 0.1) is 11.2 Å². The predicted octanol–water partition coefficient (Wildman–Crippen LogP) is 2.98. The van der Waals surface area contributed by atoms with E-state index >= 15 is 0 Å². The van der Waals surface area contributed by atoms with Crippen molar-refractivity contribution in [1.29, 1.82) is 0 Å². The van der Waals surface area contributed by atoms with E-state index in [4.69, 9.17) is 14.6 Å². The van der Waals surface area contributed by atoms with E-state index in [1.807, 2.05) is 16.9 Å². The zero-order valence-electron chi connectivity index (χ0n) is 14.5. The van der Waals surface area contributed by atoms with Crippen LogP contribution in [0.1, 0.15) is 56.9 Å². The summed E-state index contributed by atoms with van der Waals surface area (Å²) in [7, 11) is 0. The number of carbonyl (C=O) groups excluding carboxylic acids is 1. The van der Waals surface area contributed by atoms with Crippen molar-refractivity contribution in [3.05, 3.63) is 18.0 Å². The van der Waals surface area contributed by atoms with E-state index in [0.717, 1.165) is 68.5 Å². The van der Waals surface area contributed by atoms with Crippen molar-refractivity contribution in [1.82, 2.24) is 14.8 Å². The van der Waals surface area contributed by atoms with Crippen molar-refractivity contribution in [2.45, 2.75) is 51.2 Å². The fraction of sp³-hybridized carbons (Fsp3) is 0.611. The minimum Gasteiger partial charge on any atom is -0.381 e. The summed E-state index contributed by atoms with van der Waals surface area (Å²) in [6.45, 7) is 3.80. The van der Waals surface area contributed by atoms with Gasteiger partial charge in [0.25, 0.3) is 0 Å². The largest absolute Gasteiger partial charge is 0.381 e. The van der Waals surface area contributed by atoms with Crippen molar-refractivity contribution >= 4 is 22.6 Å². The van der Waals surface area contributed by atoms with E-state index in [0.29, 0.717) is 11.7 Å². The fourth-order valence-electron chi connectivity index (χ4n) is 3.71. The maximum Gasteiger partial charge on any atom is 0.222 e. The number of hydrogen-bond acceptors (Lipinski definition) is 5. The molecule has 2 aromatic heterocycles. The van der Waals surface area contributed by atoms with Crippen molar-refractivity contribution in [2.24, 2.45) is 0 Å². The van der Waals surface area contributed by atoms with Gasteiger partial charge in [-0.25, -0.2) is 9.67 Å². The second-order valence-electron chi connectivity index (χ2n) is 6.81. The molecule has 2 saturated heterocycles. The molecule has 0 aromatic carbocycles. The Bertz CT molecular complexity index is 761. The molecule has 0 radical (unpaired) electrons. The Kier molecular flexibility index (Phi) is 4.67. The molecule has 2 aromatic rings. The quantitative estimate of drug-likeness (QED) is 0.926. The maximum atomic E-state index is 11.4. The molecule has 1 amide bonds. The smallest absolute Gasteiger partial charge is 0.222 e. The molecule has 2 aliphatic rings. The average molecular weight is 344 g/mol. The summed E-state index contributed by atoms with van der Waals surface area (Å²) in [5.74, 6) is 0.807. The Morgan fingerprint density at radius 3 is 2.80 bits per heavy atom. The molecule has 0 bridgehead atoms. The third kappa shape index (κ3) is 3.39. The van der Waals surface area contributed by atoms with Crippen LogP contribution in [-0.4, -0.2) is 40.5 Å². The number of nitrogens with zero attached hydrogens (tertiary/aromatic N) is 3. The second kappa shape index (κ2) is 7.09. The lowest BCUT2D eigenvalue weighted by Gasteiger charge is -2.24. The average Bonchev–Trinajstić information content (AvgIpc) is 3.01. The summed E-state index contributed by atoms with van der Waals surface area (Å²) < 4.78 is 13.5. The predicted molar refractivity (Wildman–Crippen MR) is 93.5 cm³/mol. The standard InChI is InChI=1S/C18H24N4O3/c1-12(23)20-16-10-15-14(11-19-16)18(13-5-8-24-9-6-13)21-22(15)17-4-2-3-7-25-17/h10-11,13,17H,2-9H2,1H3,(H,19,20,23). The molecule has 2 fully saturated rings. The van der Waals surface area contributed by atoms with E-state index < -0.39 is 0 Å². The summed E-state index contributed by atoms with van der Waals surface area (Å²) in [5, 5.41) is 8.76. The molecule has 134 valence electrons. The van der Waals surface area contributed by atoms with Crippen molar-refractivity contribution < 1.29 is 14.3 Å². The number of pyridine rings is 1. The van der Waals surface area contributed by atoms with E-state index in [1.54, 1.807) is 0 Å². The topological polar surface area (TPSA) is 78.3 Å². The fourth-order valence-corrected chi connectivity index (χ4v) is 3.71. The maximum absolute atomic E-state index is 11.4. The van der Waals surface area contributed by atoms with Crippen LogP contribution in [0.4, 0.5) is 5.82 Å². The first kappa shape index (κ1) is 16.5. The van der Waals surface area contributed by atoms with Crippen LogP contribution in [0, 0.1) is 0 Å². The van der Waals surface area contributed by atoms with Gasteiger partial charge in [0.15, 0.2) is 6.23 Å². The molecule has 4 rings (SSSR count). The monoisotopic (exact) mass is 344 g/mol. The third-order valence-corrected chi connectivity index (χ3v) is 4.96.